The Balaban J connectivity index is 1.28. The van der Waals surface area contributed by atoms with E-state index >= 15 is 0 Å². The molecule has 0 spiro atoms. The highest BCUT2D eigenvalue weighted by Gasteiger charge is 2.19. The van der Waals surface area contributed by atoms with Crippen LogP contribution in [0, 0.1) is 0 Å². The van der Waals surface area contributed by atoms with Gasteiger partial charge in [-0.1, -0.05) is 66.7 Å². The molecule has 3 nitrogen and oxygen atoms in total. The van der Waals surface area contributed by atoms with E-state index in [9.17, 15) is 0 Å². The zero-order chi connectivity index (χ0) is 29.0. The molecule has 0 atom stereocenters. The van der Waals surface area contributed by atoms with E-state index in [4.69, 9.17) is 9.97 Å². The average molecular weight is 618 g/mol. The van der Waals surface area contributed by atoms with Gasteiger partial charge in [-0.15, -0.1) is 34.0 Å². The second-order valence-electron chi connectivity index (χ2n) is 10.7. The molecule has 0 N–H and O–H groups in total. The number of hydrogen-bond acceptors (Lipinski definition) is 5. The summed E-state index contributed by atoms with van der Waals surface area (Å²) in [7, 11) is 0. The standard InChI is InChI=1S/C38H23N3S3/c1-3-9-32-27(7-1)28-16-14-25(38-40-31-8-2-4-10-37(31)44-38)22-33(28)41(32)34-21-24(13-17-29(34)36-12-6-20-43-36)30-18-15-26(23-39-30)35-11-5-19-42-35/h1-23H. The Bertz CT molecular complexity index is 2400. The van der Waals surface area contributed by atoms with Crippen LogP contribution in [-0.4, -0.2) is 14.5 Å². The molecule has 0 aliphatic rings. The number of benzene rings is 4. The third-order valence-electron chi connectivity index (χ3n) is 8.10. The summed E-state index contributed by atoms with van der Waals surface area (Å²) in [5.74, 6) is 0. The lowest BCUT2D eigenvalue weighted by Gasteiger charge is -2.15. The molecule has 5 aromatic heterocycles. The molecule has 0 aliphatic heterocycles. The van der Waals surface area contributed by atoms with Crippen molar-refractivity contribution >= 4 is 66.0 Å². The second kappa shape index (κ2) is 10.4. The van der Waals surface area contributed by atoms with Gasteiger partial charge < -0.3 is 4.57 Å². The van der Waals surface area contributed by atoms with Crippen molar-refractivity contribution in [3.63, 3.8) is 0 Å². The molecule has 4 aromatic carbocycles. The highest BCUT2D eigenvalue weighted by molar-refractivity contribution is 7.21. The van der Waals surface area contributed by atoms with Crippen LogP contribution in [0.4, 0.5) is 0 Å². The van der Waals surface area contributed by atoms with Crippen LogP contribution in [0.25, 0.3) is 80.4 Å². The van der Waals surface area contributed by atoms with E-state index in [-0.39, 0.29) is 0 Å². The third-order valence-corrected chi connectivity index (χ3v) is 11.0. The normalized spacial score (nSPS) is 11.6. The number of thiazole rings is 1. The highest BCUT2D eigenvalue weighted by Crippen LogP contribution is 2.41. The number of thiophene rings is 2. The lowest BCUT2D eigenvalue weighted by atomic mass is 10.0. The summed E-state index contributed by atoms with van der Waals surface area (Å²) in [6.45, 7) is 0. The molecule has 0 bridgehead atoms. The molecule has 0 saturated carbocycles. The van der Waals surface area contributed by atoms with Crippen LogP contribution >= 0.6 is 34.0 Å². The van der Waals surface area contributed by atoms with Crippen molar-refractivity contribution < 1.29 is 0 Å². The molecule has 0 amide bonds. The van der Waals surface area contributed by atoms with E-state index in [0.29, 0.717) is 0 Å². The van der Waals surface area contributed by atoms with Gasteiger partial charge in [0.2, 0.25) is 0 Å². The van der Waals surface area contributed by atoms with Crippen molar-refractivity contribution in [1.82, 2.24) is 14.5 Å². The summed E-state index contributed by atoms with van der Waals surface area (Å²) >= 11 is 5.24. The first-order valence-corrected chi connectivity index (χ1v) is 17.0. The Morgan fingerprint density at radius 3 is 2.16 bits per heavy atom. The van der Waals surface area contributed by atoms with Crippen LogP contribution in [-0.2, 0) is 0 Å². The largest absolute Gasteiger partial charge is 0.309 e. The van der Waals surface area contributed by atoms with Crippen molar-refractivity contribution in [2.24, 2.45) is 0 Å². The van der Waals surface area contributed by atoms with E-state index < -0.39 is 0 Å². The van der Waals surface area contributed by atoms with E-state index in [1.807, 2.05) is 6.20 Å². The first-order valence-electron chi connectivity index (χ1n) is 14.4. The minimum absolute atomic E-state index is 0.959. The van der Waals surface area contributed by atoms with Gasteiger partial charge in [0, 0.05) is 49.0 Å². The smallest absolute Gasteiger partial charge is 0.124 e. The maximum Gasteiger partial charge on any atom is 0.124 e. The van der Waals surface area contributed by atoms with Gasteiger partial charge in [0.15, 0.2) is 0 Å². The van der Waals surface area contributed by atoms with Crippen LogP contribution in [0.1, 0.15) is 0 Å². The Kier molecular flexibility index (Phi) is 6.04. The van der Waals surface area contributed by atoms with Crippen molar-refractivity contribution in [2.75, 3.05) is 0 Å². The number of fused-ring (bicyclic) bond motifs is 4. The molecule has 9 aromatic rings. The summed E-state index contributed by atoms with van der Waals surface area (Å²) in [5, 5.41) is 7.75. The zero-order valence-electron chi connectivity index (χ0n) is 23.3. The summed E-state index contributed by atoms with van der Waals surface area (Å²) < 4.78 is 3.63. The van der Waals surface area contributed by atoms with Crippen LogP contribution < -0.4 is 0 Å². The number of rotatable bonds is 5. The first-order chi connectivity index (χ1) is 21.8. The van der Waals surface area contributed by atoms with Gasteiger partial charge in [0.1, 0.15) is 5.01 Å². The van der Waals surface area contributed by atoms with Gasteiger partial charge in [-0.3, -0.25) is 4.98 Å². The Morgan fingerprint density at radius 1 is 0.568 bits per heavy atom. The van der Waals surface area contributed by atoms with Crippen LogP contribution in [0.3, 0.4) is 0 Å². The van der Waals surface area contributed by atoms with Gasteiger partial charge in [0.05, 0.1) is 32.6 Å². The molecule has 0 radical (unpaired) electrons. The Hall–Kier alpha value is -4.88. The molecule has 0 saturated heterocycles. The van der Waals surface area contributed by atoms with Crippen molar-refractivity contribution in [1.29, 1.82) is 0 Å². The van der Waals surface area contributed by atoms with Gasteiger partial charge in [-0.2, -0.15) is 0 Å². The zero-order valence-corrected chi connectivity index (χ0v) is 25.8. The fraction of sp³-hybridized carbons (Fsp3) is 0. The number of para-hydroxylation sites is 2. The van der Waals surface area contributed by atoms with Crippen molar-refractivity contribution in [2.45, 2.75) is 0 Å². The number of nitrogens with zero attached hydrogens (tertiary/aromatic N) is 3. The van der Waals surface area contributed by atoms with E-state index in [0.717, 1.165) is 38.6 Å². The molecule has 6 heteroatoms. The fourth-order valence-electron chi connectivity index (χ4n) is 6.03. The fourth-order valence-corrected chi connectivity index (χ4v) is 8.47. The van der Waals surface area contributed by atoms with Gasteiger partial charge >= 0.3 is 0 Å². The molecule has 0 fully saturated rings. The third kappa shape index (κ3) is 4.22. The average Bonchev–Trinajstić information content (AvgIpc) is 3.90. The highest BCUT2D eigenvalue weighted by atomic mass is 32.1. The lowest BCUT2D eigenvalue weighted by molar-refractivity contribution is 1.18. The molecule has 208 valence electrons. The quantitative estimate of drug-likeness (QED) is 0.192. The summed E-state index contributed by atoms with van der Waals surface area (Å²) in [5.41, 5.74) is 10.0. The van der Waals surface area contributed by atoms with Gasteiger partial charge in [-0.25, -0.2) is 4.98 Å². The van der Waals surface area contributed by atoms with E-state index in [1.165, 1.54) is 41.8 Å². The number of hydrogen-bond donors (Lipinski definition) is 0. The monoisotopic (exact) mass is 617 g/mol. The minimum Gasteiger partial charge on any atom is -0.309 e. The molecule has 5 heterocycles. The Labute approximate surface area is 266 Å². The predicted molar refractivity (Wildman–Crippen MR) is 189 cm³/mol. The maximum absolute atomic E-state index is 4.99. The molecule has 9 rings (SSSR count). The molecular formula is C38H23N3S3. The topological polar surface area (TPSA) is 30.7 Å². The predicted octanol–water partition coefficient (Wildman–Crippen LogP) is 11.6. The number of pyridine rings is 1. The SMILES string of the molecule is c1csc(-c2ccc(-c3ccc(-c4cccs4)c(-n4c5ccccc5c5ccc(-c6nc7ccccc7s6)cc54)c3)nc2)c1. The van der Waals surface area contributed by atoms with Crippen molar-refractivity contribution in [3.05, 3.63) is 138 Å². The van der Waals surface area contributed by atoms with E-state index in [1.54, 1.807) is 34.0 Å². The summed E-state index contributed by atoms with van der Waals surface area (Å²) in [6, 6.07) is 43.5. The summed E-state index contributed by atoms with van der Waals surface area (Å²) in [6.07, 6.45) is 1.98. The minimum atomic E-state index is 0.959. The summed E-state index contributed by atoms with van der Waals surface area (Å²) in [4.78, 5) is 12.4. The first kappa shape index (κ1) is 25.6. The molecular weight excluding hydrogens is 595 g/mol. The Morgan fingerprint density at radius 2 is 1.34 bits per heavy atom. The maximum atomic E-state index is 4.99. The van der Waals surface area contributed by atoms with Crippen molar-refractivity contribution in [3.8, 4) is 48.4 Å². The van der Waals surface area contributed by atoms with Gasteiger partial charge in [-0.05, 0) is 65.4 Å². The van der Waals surface area contributed by atoms with Crippen LogP contribution in [0.15, 0.2) is 138 Å². The lowest BCUT2D eigenvalue weighted by Crippen LogP contribution is -1.98. The molecule has 44 heavy (non-hydrogen) atoms. The molecule has 0 aliphatic carbocycles. The van der Waals surface area contributed by atoms with Gasteiger partial charge in [0.25, 0.3) is 0 Å². The second-order valence-corrected chi connectivity index (χ2v) is 13.6. The van der Waals surface area contributed by atoms with E-state index in [2.05, 4.69) is 137 Å². The van der Waals surface area contributed by atoms with Crippen LogP contribution in [0.2, 0.25) is 0 Å². The number of aromatic nitrogens is 3. The molecule has 0 unspecified atom stereocenters. The van der Waals surface area contributed by atoms with Crippen LogP contribution in [0.5, 0.6) is 0 Å².